The van der Waals surface area contributed by atoms with Crippen LogP contribution in [0.3, 0.4) is 0 Å². The van der Waals surface area contributed by atoms with E-state index in [0.717, 1.165) is 24.5 Å². The van der Waals surface area contributed by atoms with E-state index in [1.165, 1.54) is 0 Å². The molecule has 2 aromatic rings. The Hall–Kier alpha value is -2.57. The summed E-state index contributed by atoms with van der Waals surface area (Å²) >= 11 is 0. The standard InChI is InChI=1S/C14H19N7/c1-19(2)13-16-12(15)17-14(18-13)21-9-8-20(3)10-6-4-5-7-11(10)21/h4-7H,8-9H2,1-3H3,(H2,15,16,17,18). The molecule has 1 aliphatic rings. The van der Waals surface area contributed by atoms with Gasteiger partial charge in [-0.1, -0.05) is 12.1 Å². The number of nitrogens with two attached hydrogens (primary N) is 1. The van der Waals surface area contributed by atoms with Gasteiger partial charge in [-0.2, -0.15) is 15.0 Å². The van der Waals surface area contributed by atoms with E-state index in [0.29, 0.717) is 11.9 Å². The smallest absolute Gasteiger partial charge is 0.236 e. The first kappa shape index (κ1) is 13.4. The number of likely N-dealkylation sites (N-methyl/N-ethyl adjacent to an activating group) is 1. The van der Waals surface area contributed by atoms with Crippen LogP contribution >= 0.6 is 0 Å². The molecule has 0 atom stereocenters. The fourth-order valence-corrected chi connectivity index (χ4v) is 2.40. The van der Waals surface area contributed by atoms with Gasteiger partial charge in [-0.3, -0.25) is 0 Å². The molecule has 1 aliphatic heterocycles. The second-order valence-corrected chi connectivity index (χ2v) is 5.25. The molecule has 21 heavy (non-hydrogen) atoms. The molecule has 0 amide bonds. The van der Waals surface area contributed by atoms with Gasteiger partial charge in [-0.15, -0.1) is 0 Å². The first-order chi connectivity index (χ1) is 10.1. The van der Waals surface area contributed by atoms with Gasteiger partial charge < -0.3 is 20.4 Å². The van der Waals surface area contributed by atoms with Crippen LogP contribution in [0.2, 0.25) is 0 Å². The number of rotatable bonds is 2. The monoisotopic (exact) mass is 285 g/mol. The van der Waals surface area contributed by atoms with Crippen molar-refractivity contribution < 1.29 is 0 Å². The molecule has 0 saturated carbocycles. The normalized spacial score (nSPS) is 14.0. The zero-order valence-electron chi connectivity index (χ0n) is 12.5. The third-order valence-electron chi connectivity index (χ3n) is 3.51. The Balaban J connectivity index is 2.07. The van der Waals surface area contributed by atoms with E-state index in [1.807, 2.05) is 31.1 Å². The molecule has 0 saturated heterocycles. The number of anilines is 5. The minimum Gasteiger partial charge on any atom is -0.371 e. The van der Waals surface area contributed by atoms with Crippen LogP contribution in [0.15, 0.2) is 24.3 Å². The van der Waals surface area contributed by atoms with Crippen molar-refractivity contribution in [3.05, 3.63) is 24.3 Å². The van der Waals surface area contributed by atoms with Crippen LogP contribution in [0.25, 0.3) is 0 Å². The van der Waals surface area contributed by atoms with Crippen molar-refractivity contribution in [3.8, 4) is 0 Å². The Bertz CT molecular complexity index is 656. The molecule has 2 heterocycles. The van der Waals surface area contributed by atoms with Crippen molar-refractivity contribution in [3.63, 3.8) is 0 Å². The van der Waals surface area contributed by atoms with Crippen molar-refractivity contribution in [1.29, 1.82) is 0 Å². The van der Waals surface area contributed by atoms with Crippen molar-refractivity contribution in [2.45, 2.75) is 0 Å². The predicted octanol–water partition coefficient (Wildman–Crippen LogP) is 1.11. The van der Waals surface area contributed by atoms with E-state index in [9.17, 15) is 0 Å². The lowest BCUT2D eigenvalue weighted by atomic mass is 10.2. The molecular formula is C14H19N7. The molecule has 7 nitrogen and oxygen atoms in total. The summed E-state index contributed by atoms with van der Waals surface area (Å²) in [5.74, 6) is 1.39. The second-order valence-electron chi connectivity index (χ2n) is 5.25. The van der Waals surface area contributed by atoms with E-state index in [-0.39, 0.29) is 5.95 Å². The molecule has 1 aromatic heterocycles. The van der Waals surface area contributed by atoms with Gasteiger partial charge in [-0.25, -0.2) is 0 Å². The maximum atomic E-state index is 5.83. The number of para-hydroxylation sites is 2. The number of benzene rings is 1. The summed E-state index contributed by atoms with van der Waals surface area (Å²) < 4.78 is 0. The number of nitrogen functional groups attached to an aromatic ring is 1. The molecule has 0 unspecified atom stereocenters. The molecular weight excluding hydrogens is 266 g/mol. The van der Waals surface area contributed by atoms with Gasteiger partial charge >= 0.3 is 0 Å². The van der Waals surface area contributed by atoms with Gasteiger partial charge in [0.05, 0.1) is 11.4 Å². The molecule has 7 heteroatoms. The van der Waals surface area contributed by atoms with E-state index in [2.05, 4.69) is 43.9 Å². The van der Waals surface area contributed by atoms with Gasteiger partial charge in [0.25, 0.3) is 0 Å². The van der Waals surface area contributed by atoms with Gasteiger partial charge in [0.2, 0.25) is 17.8 Å². The van der Waals surface area contributed by atoms with Crippen LogP contribution in [-0.4, -0.2) is 49.2 Å². The molecule has 0 radical (unpaired) electrons. The number of hydrogen-bond acceptors (Lipinski definition) is 7. The summed E-state index contributed by atoms with van der Waals surface area (Å²) in [5, 5.41) is 0. The van der Waals surface area contributed by atoms with Crippen LogP contribution in [0.1, 0.15) is 0 Å². The largest absolute Gasteiger partial charge is 0.371 e. The van der Waals surface area contributed by atoms with Crippen molar-refractivity contribution in [2.75, 3.05) is 54.7 Å². The van der Waals surface area contributed by atoms with Gasteiger partial charge in [-0.05, 0) is 12.1 Å². The van der Waals surface area contributed by atoms with E-state index in [1.54, 1.807) is 0 Å². The highest BCUT2D eigenvalue weighted by atomic mass is 15.4. The molecule has 2 N–H and O–H groups in total. The summed E-state index contributed by atoms with van der Waals surface area (Å²) in [7, 11) is 5.86. The highest BCUT2D eigenvalue weighted by Gasteiger charge is 2.23. The average molecular weight is 285 g/mol. The maximum Gasteiger partial charge on any atom is 0.236 e. The predicted molar refractivity (Wildman–Crippen MR) is 85.3 cm³/mol. The quantitative estimate of drug-likeness (QED) is 0.885. The molecule has 0 bridgehead atoms. The molecule has 3 rings (SSSR count). The zero-order chi connectivity index (χ0) is 15.0. The highest BCUT2D eigenvalue weighted by molar-refractivity contribution is 5.77. The Kier molecular flexibility index (Phi) is 3.25. The van der Waals surface area contributed by atoms with Crippen molar-refractivity contribution >= 4 is 29.2 Å². The number of fused-ring (bicyclic) bond motifs is 1. The number of hydrogen-bond donors (Lipinski definition) is 1. The maximum absolute atomic E-state index is 5.83. The lowest BCUT2D eigenvalue weighted by molar-refractivity contribution is 0.795. The Morgan fingerprint density at radius 3 is 2.48 bits per heavy atom. The Morgan fingerprint density at radius 1 is 1.05 bits per heavy atom. The highest BCUT2D eigenvalue weighted by Crippen LogP contribution is 2.35. The first-order valence-electron chi connectivity index (χ1n) is 6.83. The fourth-order valence-electron chi connectivity index (χ4n) is 2.40. The SMILES string of the molecule is CN(C)c1nc(N)nc(N2CCN(C)c3ccccc32)n1. The zero-order valence-corrected chi connectivity index (χ0v) is 12.5. The second kappa shape index (κ2) is 5.08. The fraction of sp³-hybridized carbons (Fsp3) is 0.357. The van der Waals surface area contributed by atoms with Gasteiger partial charge in [0.15, 0.2) is 0 Å². The minimum atomic E-state index is 0.236. The van der Waals surface area contributed by atoms with E-state index < -0.39 is 0 Å². The third kappa shape index (κ3) is 2.42. The molecule has 110 valence electrons. The average Bonchev–Trinajstić information content (AvgIpc) is 2.47. The Morgan fingerprint density at radius 2 is 1.76 bits per heavy atom. The first-order valence-corrected chi connectivity index (χ1v) is 6.83. The molecule has 0 fully saturated rings. The number of nitrogens with zero attached hydrogens (tertiary/aromatic N) is 6. The number of aromatic nitrogens is 3. The third-order valence-corrected chi connectivity index (χ3v) is 3.51. The van der Waals surface area contributed by atoms with Crippen LogP contribution in [0.4, 0.5) is 29.2 Å². The Labute approximate surface area is 124 Å². The lowest BCUT2D eigenvalue weighted by Gasteiger charge is -2.35. The van der Waals surface area contributed by atoms with Crippen LogP contribution in [0, 0.1) is 0 Å². The summed E-state index contributed by atoms with van der Waals surface area (Å²) in [6.07, 6.45) is 0. The van der Waals surface area contributed by atoms with Crippen LogP contribution in [-0.2, 0) is 0 Å². The topological polar surface area (TPSA) is 74.4 Å². The molecule has 0 aliphatic carbocycles. The summed E-state index contributed by atoms with van der Waals surface area (Å²) in [4.78, 5) is 19.1. The summed E-state index contributed by atoms with van der Waals surface area (Å²) in [6, 6.07) is 8.22. The molecule has 1 aromatic carbocycles. The van der Waals surface area contributed by atoms with Gasteiger partial charge in [0.1, 0.15) is 0 Å². The van der Waals surface area contributed by atoms with Crippen molar-refractivity contribution in [1.82, 2.24) is 15.0 Å². The molecule has 0 spiro atoms. The minimum absolute atomic E-state index is 0.236. The summed E-state index contributed by atoms with van der Waals surface area (Å²) in [5.41, 5.74) is 8.07. The van der Waals surface area contributed by atoms with Crippen LogP contribution < -0.4 is 20.4 Å². The summed E-state index contributed by atoms with van der Waals surface area (Å²) in [6.45, 7) is 1.71. The van der Waals surface area contributed by atoms with Gasteiger partial charge in [0, 0.05) is 34.2 Å². The van der Waals surface area contributed by atoms with Crippen molar-refractivity contribution in [2.24, 2.45) is 0 Å². The van der Waals surface area contributed by atoms with Crippen LogP contribution in [0.5, 0.6) is 0 Å². The van der Waals surface area contributed by atoms with E-state index >= 15 is 0 Å². The van der Waals surface area contributed by atoms with E-state index in [4.69, 9.17) is 5.73 Å². The lowest BCUT2D eigenvalue weighted by Crippen LogP contribution is -2.37.